The number of hydrogen-bond donors (Lipinski definition) is 1. The molecular weight excluding hydrogens is 363 g/mol. The van der Waals surface area contributed by atoms with Crippen molar-refractivity contribution >= 4 is 22.5 Å². The van der Waals surface area contributed by atoms with Crippen molar-refractivity contribution in [2.75, 3.05) is 32.5 Å². The Labute approximate surface area is 164 Å². The van der Waals surface area contributed by atoms with E-state index in [1.165, 1.54) is 36.3 Å². The second kappa shape index (κ2) is 9.28. The van der Waals surface area contributed by atoms with Gasteiger partial charge in [0.05, 0.1) is 5.69 Å². The largest absolute Gasteiger partial charge is 0.323 e. The van der Waals surface area contributed by atoms with Crippen molar-refractivity contribution in [1.82, 2.24) is 14.8 Å². The molecule has 7 heteroatoms. The SMILES string of the molecule is CN(C)CCN(Cc1ccc(F)cc1)C(=O)Nc1nc2c(s1)CCCCC2. The maximum atomic E-state index is 13.2. The Balaban J connectivity index is 1.69. The molecule has 0 aliphatic heterocycles. The van der Waals surface area contributed by atoms with Crippen LogP contribution in [-0.4, -0.2) is 48.0 Å². The topological polar surface area (TPSA) is 48.5 Å². The first-order chi connectivity index (χ1) is 13.0. The fraction of sp³-hybridized carbons (Fsp3) is 0.500. The standard InChI is InChI=1S/C20H27FN4OS/c1-24(2)12-13-25(14-15-8-10-16(21)11-9-15)20(26)23-19-22-17-6-4-3-5-7-18(17)27-19/h8-11H,3-7,12-14H2,1-2H3,(H,22,23,26). The van der Waals surface area contributed by atoms with E-state index in [0.29, 0.717) is 18.2 Å². The van der Waals surface area contributed by atoms with Gasteiger partial charge in [-0.05, 0) is 57.5 Å². The predicted molar refractivity (Wildman–Crippen MR) is 108 cm³/mol. The van der Waals surface area contributed by atoms with E-state index in [2.05, 4.69) is 10.3 Å². The van der Waals surface area contributed by atoms with Crippen LogP contribution in [0.2, 0.25) is 0 Å². The van der Waals surface area contributed by atoms with Crippen LogP contribution in [0, 0.1) is 5.82 Å². The first-order valence-electron chi connectivity index (χ1n) is 9.45. The average Bonchev–Trinajstić information content (AvgIpc) is 2.88. The zero-order valence-corrected chi connectivity index (χ0v) is 16.8. The number of carbonyl (C=O) groups is 1. The van der Waals surface area contributed by atoms with Crippen LogP contribution in [0.5, 0.6) is 0 Å². The second-order valence-corrected chi connectivity index (χ2v) is 8.31. The molecule has 5 nitrogen and oxygen atoms in total. The van der Waals surface area contributed by atoms with Gasteiger partial charge < -0.3 is 9.80 Å². The zero-order valence-electron chi connectivity index (χ0n) is 16.0. The van der Waals surface area contributed by atoms with Crippen molar-refractivity contribution in [1.29, 1.82) is 0 Å². The van der Waals surface area contributed by atoms with Crippen molar-refractivity contribution in [2.45, 2.75) is 38.6 Å². The fourth-order valence-electron chi connectivity index (χ4n) is 3.14. The fourth-order valence-corrected chi connectivity index (χ4v) is 4.18. The van der Waals surface area contributed by atoms with E-state index in [4.69, 9.17) is 0 Å². The number of likely N-dealkylation sites (N-methyl/N-ethyl adjacent to an activating group) is 1. The number of halogens is 1. The number of aryl methyl sites for hydroxylation is 2. The van der Waals surface area contributed by atoms with Crippen molar-refractivity contribution in [3.63, 3.8) is 0 Å². The molecule has 0 atom stereocenters. The van der Waals surface area contributed by atoms with Crippen LogP contribution in [0.4, 0.5) is 14.3 Å². The molecule has 1 aliphatic carbocycles. The number of hydrogen-bond acceptors (Lipinski definition) is 4. The van der Waals surface area contributed by atoms with Gasteiger partial charge in [0.2, 0.25) is 0 Å². The van der Waals surface area contributed by atoms with E-state index in [0.717, 1.165) is 30.6 Å². The first-order valence-corrected chi connectivity index (χ1v) is 10.3. The van der Waals surface area contributed by atoms with E-state index in [1.807, 2.05) is 19.0 Å². The Hall–Kier alpha value is -1.99. The Kier molecular flexibility index (Phi) is 6.79. The number of amides is 2. The molecule has 1 heterocycles. The highest BCUT2D eigenvalue weighted by Crippen LogP contribution is 2.29. The number of aromatic nitrogens is 1. The summed E-state index contributed by atoms with van der Waals surface area (Å²) in [6, 6.07) is 6.13. The number of nitrogens with one attached hydrogen (secondary N) is 1. The van der Waals surface area contributed by atoms with Gasteiger partial charge in [0.25, 0.3) is 0 Å². The Morgan fingerprint density at radius 3 is 2.63 bits per heavy atom. The minimum atomic E-state index is -0.271. The van der Waals surface area contributed by atoms with E-state index in [-0.39, 0.29) is 11.8 Å². The van der Waals surface area contributed by atoms with Crippen LogP contribution in [-0.2, 0) is 19.4 Å². The molecule has 0 bridgehead atoms. The zero-order chi connectivity index (χ0) is 19.2. The summed E-state index contributed by atoms with van der Waals surface area (Å²) in [6.45, 7) is 1.77. The summed E-state index contributed by atoms with van der Waals surface area (Å²) in [5.41, 5.74) is 2.05. The lowest BCUT2D eigenvalue weighted by atomic mass is 10.2. The number of fused-ring (bicyclic) bond motifs is 1. The third-order valence-corrected chi connectivity index (χ3v) is 5.77. The lowest BCUT2D eigenvalue weighted by Crippen LogP contribution is -2.39. The van der Waals surface area contributed by atoms with Crippen molar-refractivity contribution in [3.8, 4) is 0 Å². The van der Waals surface area contributed by atoms with Gasteiger partial charge >= 0.3 is 6.03 Å². The summed E-state index contributed by atoms with van der Waals surface area (Å²) in [5, 5.41) is 3.66. The normalized spacial score (nSPS) is 13.9. The van der Waals surface area contributed by atoms with Crippen molar-refractivity contribution in [2.24, 2.45) is 0 Å². The van der Waals surface area contributed by atoms with E-state index < -0.39 is 0 Å². The summed E-state index contributed by atoms with van der Waals surface area (Å²) >= 11 is 1.60. The molecule has 1 aromatic heterocycles. The predicted octanol–water partition coefficient (Wildman–Crippen LogP) is 4.15. The van der Waals surface area contributed by atoms with Crippen LogP contribution < -0.4 is 5.32 Å². The Morgan fingerprint density at radius 1 is 1.15 bits per heavy atom. The molecule has 1 N–H and O–H groups in total. The van der Waals surface area contributed by atoms with Gasteiger partial charge in [-0.3, -0.25) is 5.32 Å². The van der Waals surface area contributed by atoms with Gasteiger partial charge in [0.1, 0.15) is 5.82 Å². The van der Waals surface area contributed by atoms with Gasteiger partial charge in [-0.2, -0.15) is 0 Å². The molecule has 0 saturated carbocycles. The number of rotatable bonds is 6. The van der Waals surface area contributed by atoms with E-state index >= 15 is 0 Å². The number of carbonyl (C=O) groups excluding carboxylic acids is 1. The molecule has 1 aromatic carbocycles. The molecule has 0 radical (unpaired) electrons. The molecule has 0 unspecified atom stereocenters. The highest BCUT2D eigenvalue weighted by atomic mass is 32.1. The van der Waals surface area contributed by atoms with Crippen LogP contribution >= 0.6 is 11.3 Å². The molecular formula is C20H27FN4OS. The lowest BCUT2D eigenvalue weighted by molar-refractivity contribution is 0.202. The van der Waals surface area contributed by atoms with Crippen molar-refractivity contribution in [3.05, 3.63) is 46.2 Å². The number of urea groups is 1. The minimum Gasteiger partial charge on any atom is -0.319 e. The van der Waals surface area contributed by atoms with Gasteiger partial charge in [-0.15, -0.1) is 11.3 Å². The number of thiazole rings is 1. The summed E-state index contributed by atoms with van der Waals surface area (Å²) in [6.07, 6.45) is 5.68. The molecule has 3 rings (SSSR count). The second-order valence-electron chi connectivity index (χ2n) is 7.23. The molecule has 0 fully saturated rings. The molecule has 2 aromatic rings. The Bertz CT molecular complexity index is 736. The molecule has 0 saturated heterocycles. The molecule has 27 heavy (non-hydrogen) atoms. The maximum Gasteiger partial charge on any atom is 0.323 e. The quantitative estimate of drug-likeness (QED) is 0.754. The molecule has 0 spiro atoms. The maximum absolute atomic E-state index is 13.2. The summed E-state index contributed by atoms with van der Waals surface area (Å²) in [7, 11) is 3.96. The molecule has 146 valence electrons. The number of nitrogens with zero attached hydrogens (tertiary/aromatic N) is 3. The lowest BCUT2D eigenvalue weighted by Gasteiger charge is -2.24. The van der Waals surface area contributed by atoms with Crippen LogP contribution in [0.1, 0.15) is 35.4 Å². The summed E-state index contributed by atoms with van der Waals surface area (Å²) in [4.78, 5) is 22.6. The van der Waals surface area contributed by atoms with Gasteiger partial charge in [0.15, 0.2) is 5.13 Å². The number of anilines is 1. The average molecular weight is 391 g/mol. The van der Waals surface area contributed by atoms with Crippen LogP contribution in [0.15, 0.2) is 24.3 Å². The Morgan fingerprint density at radius 2 is 1.89 bits per heavy atom. The van der Waals surface area contributed by atoms with Crippen LogP contribution in [0.25, 0.3) is 0 Å². The highest BCUT2D eigenvalue weighted by molar-refractivity contribution is 7.15. The highest BCUT2D eigenvalue weighted by Gasteiger charge is 2.19. The third-order valence-electron chi connectivity index (χ3n) is 4.70. The summed E-state index contributed by atoms with van der Waals surface area (Å²) < 4.78 is 13.2. The first kappa shape index (κ1) is 19.8. The van der Waals surface area contributed by atoms with E-state index in [1.54, 1.807) is 28.4 Å². The third kappa shape index (κ3) is 5.74. The van der Waals surface area contributed by atoms with Gasteiger partial charge in [-0.1, -0.05) is 18.6 Å². The monoisotopic (exact) mass is 390 g/mol. The molecule has 2 amide bonds. The van der Waals surface area contributed by atoms with Crippen LogP contribution in [0.3, 0.4) is 0 Å². The summed E-state index contributed by atoms with van der Waals surface area (Å²) in [5.74, 6) is -0.271. The van der Waals surface area contributed by atoms with Crippen molar-refractivity contribution < 1.29 is 9.18 Å². The van der Waals surface area contributed by atoms with Gasteiger partial charge in [-0.25, -0.2) is 14.2 Å². The smallest absolute Gasteiger partial charge is 0.319 e. The minimum absolute atomic E-state index is 0.162. The number of benzene rings is 1. The van der Waals surface area contributed by atoms with Gasteiger partial charge in [0, 0.05) is 24.5 Å². The van der Waals surface area contributed by atoms with E-state index in [9.17, 15) is 9.18 Å². The molecule has 1 aliphatic rings.